The average Bonchev–Trinajstić information content (AvgIpc) is 3.15. The van der Waals surface area contributed by atoms with Gasteiger partial charge in [0.05, 0.1) is 15.5 Å². The summed E-state index contributed by atoms with van der Waals surface area (Å²) in [5.41, 5.74) is 2.27. The number of non-ortho nitro benzene ring substituents is 1. The molecule has 1 saturated heterocycles. The Labute approximate surface area is 211 Å². The smallest absolute Gasteiger partial charge is 0.270 e. The van der Waals surface area contributed by atoms with Crippen molar-refractivity contribution in [1.29, 1.82) is 0 Å². The Bertz CT molecular complexity index is 1490. The topological polar surface area (TPSA) is 72.7 Å². The fourth-order valence-electron chi connectivity index (χ4n) is 3.86. The second kappa shape index (κ2) is 9.69. The van der Waals surface area contributed by atoms with Gasteiger partial charge in [-0.15, -0.1) is 0 Å². The van der Waals surface area contributed by atoms with Crippen molar-refractivity contribution in [1.82, 2.24) is 0 Å². The second-order valence-corrected chi connectivity index (χ2v) is 9.43. The van der Waals surface area contributed by atoms with Crippen LogP contribution in [0.4, 0.5) is 11.4 Å². The van der Waals surface area contributed by atoms with Gasteiger partial charge in [-0.3, -0.25) is 19.8 Å². The number of rotatable bonds is 6. The van der Waals surface area contributed by atoms with Crippen molar-refractivity contribution in [2.24, 2.45) is 0 Å². The van der Waals surface area contributed by atoms with Gasteiger partial charge in [0.15, 0.2) is 4.32 Å². The number of amides is 1. The number of carbonyl (C=O) groups is 1. The molecule has 1 heterocycles. The zero-order valence-corrected chi connectivity index (χ0v) is 19.9. The first-order chi connectivity index (χ1) is 17.0. The van der Waals surface area contributed by atoms with Crippen LogP contribution >= 0.6 is 24.0 Å². The Kier molecular flexibility index (Phi) is 6.31. The highest BCUT2D eigenvalue weighted by Crippen LogP contribution is 2.37. The Morgan fingerprint density at radius 1 is 0.943 bits per heavy atom. The highest BCUT2D eigenvalue weighted by Gasteiger charge is 2.33. The summed E-state index contributed by atoms with van der Waals surface area (Å²) in [5, 5.41) is 13.2. The molecule has 0 unspecified atom stereocenters. The third kappa shape index (κ3) is 4.66. The highest BCUT2D eigenvalue weighted by atomic mass is 32.2. The minimum absolute atomic E-state index is 0.0491. The molecule has 0 aliphatic carbocycles. The molecular formula is C27H18N2O4S2. The number of hydrogen-bond donors (Lipinski definition) is 0. The van der Waals surface area contributed by atoms with E-state index in [9.17, 15) is 14.9 Å². The maximum atomic E-state index is 13.2. The molecule has 172 valence electrons. The number of hydrogen-bond acceptors (Lipinski definition) is 6. The molecule has 0 aromatic heterocycles. The number of ether oxygens (including phenoxy) is 1. The molecule has 4 aromatic carbocycles. The van der Waals surface area contributed by atoms with Gasteiger partial charge in [-0.2, -0.15) is 0 Å². The van der Waals surface area contributed by atoms with Crippen LogP contribution < -0.4 is 9.64 Å². The Balaban J connectivity index is 1.39. The van der Waals surface area contributed by atoms with E-state index in [0.29, 0.717) is 27.3 Å². The summed E-state index contributed by atoms with van der Waals surface area (Å²) < 4.78 is 6.54. The fourth-order valence-corrected chi connectivity index (χ4v) is 5.15. The molecular weight excluding hydrogens is 480 g/mol. The van der Waals surface area contributed by atoms with Crippen LogP contribution in [-0.2, 0) is 11.4 Å². The molecule has 1 amide bonds. The monoisotopic (exact) mass is 498 g/mol. The van der Waals surface area contributed by atoms with Gasteiger partial charge in [0.2, 0.25) is 0 Å². The Hall–Kier alpha value is -4.01. The van der Waals surface area contributed by atoms with E-state index < -0.39 is 4.92 Å². The van der Waals surface area contributed by atoms with Crippen molar-refractivity contribution >= 4 is 62.4 Å². The molecule has 8 heteroatoms. The van der Waals surface area contributed by atoms with Crippen LogP contribution in [0.25, 0.3) is 16.8 Å². The normalized spacial score (nSPS) is 14.6. The third-order valence-electron chi connectivity index (χ3n) is 5.58. The SMILES string of the molecule is O=C1/C(=C\c2ccccc2OCc2cccc3ccccc23)SC(=S)N1c1ccc([N+](=O)[O-])cc1. The van der Waals surface area contributed by atoms with Gasteiger partial charge in [-0.1, -0.05) is 84.6 Å². The fraction of sp³-hybridized carbons (Fsp3) is 0.0370. The molecule has 5 rings (SSSR count). The number of thioether (sulfide) groups is 1. The van der Waals surface area contributed by atoms with Gasteiger partial charge < -0.3 is 4.74 Å². The molecule has 35 heavy (non-hydrogen) atoms. The lowest BCUT2D eigenvalue weighted by Gasteiger charge is -2.14. The van der Waals surface area contributed by atoms with Crippen LogP contribution in [0.1, 0.15) is 11.1 Å². The number of carbonyl (C=O) groups excluding carboxylic acids is 1. The van der Waals surface area contributed by atoms with Crippen LogP contribution in [0.5, 0.6) is 5.75 Å². The third-order valence-corrected chi connectivity index (χ3v) is 6.88. The van der Waals surface area contributed by atoms with E-state index in [0.717, 1.165) is 21.9 Å². The molecule has 0 bridgehead atoms. The van der Waals surface area contributed by atoms with Crippen LogP contribution in [0, 0.1) is 10.1 Å². The number of nitro benzene ring substituents is 1. The van der Waals surface area contributed by atoms with Crippen molar-refractivity contribution in [2.75, 3.05) is 4.90 Å². The van der Waals surface area contributed by atoms with Crippen LogP contribution in [0.3, 0.4) is 0 Å². The summed E-state index contributed by atoms with van der Waals surface area (Å²) >= 11 is 6.62. The van der Waals surface area contributed by atoms with E-state index >= 15 is 0 Å². The van der Waals surface area contributed by atoms with E-state index in [2.05, 4.69) is 18.2 Å². The Morgan fingerprint density at radius 2 is 1.66 bits per heavy atom. The predicted molar refractivity (Wildman–Crippen MR) is 143 cm³/mol. The Morgan fingerprint density at radius 3 is 2.46 bits per heavy atom. The van der Waals surface area contributed by atoms with Gasteiger partial charge in [-0.25, -0.2) is 0 Å². The summed E-state index contributed by atoms with van der Waals surface area (Å²) in [7, 11) is 0. The largest absolute Gasteiger partial charge is 0.488 e. The van der Waals surface area contributed by atoms with E-state index in [1.54, 1.807) is 6.08 Å². The number of nitrogens with zero attached hydrogens (tertiary/aromatic N) is 2. The number of para-hydroxylation sites is 1. The van der Waals surface area contributed by atoms with Crippen LogP contribution in [0.15, 0.2) is 95.9 Å². The van der Waals surface area contributed by atoms with Crippen molar-refractivity contribution in [3.63, 3.8) is 0 Å². The van der Waals surface area contributed by atoms with Gasteiger partial charge in [-0.05, 0) is 40.6 Å². The van der Waals surface area contributed by atoms with E-state index in [1.165, 1.54) is 40.9 Å². The first kappa shape index (κ1) is 22.8. The number of anilines is 1. The number of benzene rings is 4. The van der Waals surface area contributed by atoms with Crippen molar-refractivity contribution in [2.45, 2.75) is 6.61 Å². The average molecular weight is 499 g/mol. The molecule has 0 radical (unpaired) electrons. The van der Waals surface area contributed by atoms with Gasteiger partial charge >= 0.3 is 0 Å². The summed E-state index contributed by atoms with van der Waals surface area (Å²) in [5.74, 6) is 0.374. The molecule has 1 aliphatic heterocycles. The van der Waals surface area contributed by atoms with Crippen molar-refractivity contribution in [3.8, 4) is 5.75 Å². The number of nitro groups is 1. The van der Waals surface area contributed by atoms with Crippen LogP contribution in [0.2, 0.25) is 0 Å². The van der Waals surface area contributed by atoms with E-state index in [-0.39, 0.29) is 11.6 Å². The molecule has 0 atom stereocenters. The lowest BCUT2D eigenvalue weighted by atomic mass is 10.1. The van der Waals surface area contributed by atoms with E-state index in [4.69, 9.17) is 17.0 Å². The zero-order chi connectivity index (χ0) is 24.4. The quantitative estimate of drug-likeness (QED) is 0.127. The lowest BCUT2D eigenvalue weighted by Crippen LogP contribution is -2.27. The molecule has 0 N–H and O–H groups in total. The number of fused-ring (bicyclic) bond motifs is 1. The minimum atomic E-state index is -0.483. The second-order valence-electron chi connectivity index (χ2n) is 7.76. The molecule has 6 nitrogen and oxygen atoms in total. The lowest BCUT2D eigenvalue weighted by molar-refractivity contribution is -0.384. The van der Waals surface area contributed by atoms with Gasteiger partial charge in [0.1, 0.15) is 12.4 Å². The standard InChI is InChI=1S/C27H18N2O4S2/c30-26-25(35-27(34)28(26)21-12-14-22(15-13-21)29(31)32)16-19-7-2-4-11-24(19)33-17-20-9-5-8-18-6-1-3-10-23(18)20/h1-16H,17H2/b25-16+. The predicted octanol–water partition coefficient (Wildman–Crippen LogP) is 6.73. The van der Waals surface area contributed by atoms with E-state index in [1.807, 2.05) is 48.5 Å². The molecule has 1 aliphatic rings. The first-order valence-corrected chi connectivity index (χ1v) is 11.9. The minimum Gasteiger partial charge on any atom is -0.488 e. The van der Waals surface area contributed by atoms with Crippen LogP contribution in [-0.4, -0.2) is 15.2 Å². The summed E-state index contributed by atoms with van der Waals surface area (Å²) in [6.45, 7) is 0.385. The highest BCUT2D eigenvalue weighted by molar-refractivity contribution is 8.27. The number of thiocarbonyl (C=S) groups is 1. The summed E-state index contributed by atoms with van der Waals surface area (Å²) in [4.78, 5) is 25.4. The maximum absolute atomic E-state index is 13.2. The zero-order valence-electron chi connectivity index (χ0n) is 18.3. The van der Waals surface area contributed by atoms with Gasteiger partial charge in [0.25, 0.3) is 11.6 Å². The maximum Gasteiger partial charge on any atom is 0.270 e. The molecule has 0 spiro atoms. The van der Waals surface area contributed by atoms with Crippen molar-refractivity contribution in [3.05, 3.63) is 117 Å². The molecule has 0 saturated carbocycles. The molecule has 4 aromatic rings. The van der Waals surface area contributed by atoms with Crippen molar-refractivity contribution < 1.29 is 14.5 Å². The summed E-state index contributed by atoms with van der Waals surface area (Å²) in [6, 6.07) is 27.6. The van der Waals surface area contributed by atoms with Gasteiger partial charge in [0, 0.05) is 17.7 Å². The summed E-state index contributed by atoms with van der Waals surface area (Å²) in [6.07, 6.45) is 1.77. The first-order valence-electron chi connectivity index (χ1n) is 10.7. The molecule has 1 fully saturated rings.